The third kappa shape index (κ3) is 3.43. The molecule has 1 aromatic rings. The molecular weight excluding hydrogens is 296 g/mol. The second kappa shape index (κ2) is 6.21. The smallest absolute Gasteiger partial charge is 0.0419 e. The lowest BCUT2D eigenvalue weighted by Gasteiger charge is -2.27. The summed E-state index contributed by atoms with van der Waals surface area (Å²) in [6, 6.07) is 2.38. The molecule has 5 heteroatoms. The van der Waals surface area contributed by atoms with Crippen molar-refractivity contribution < 1.29 is 0 Å². The van der Waals surface area contributed by atoms with E-state index >= 15 is 0 Å². The van der Waals surface area contributed by atoms with Crippen LogP contribution in [-0.4, -0.2) is 13.1 Å². The number of thiophene rings is 1. The predicted octanol–water partition coefficient (Wildman–Crippen LogP) is 2.93. The molecule has 1 fully saturated rings. The molecule has 0 amide bonds. The molecule has 0 bridgehead atoms. The second-order valence-corrected chi connectivity index (χ2v) is 5.64. The van der Waals surface area contributed by atoms with Crippen molar-refractivity contribution in [3.05, 3.63) is 20.8 Å². The SMILES string of the molecule is Cl.N[C@@H](c1cc(Br)cs1)C1CCNCC1. The van der Waals surface area contributed by atoms with Gasteiger partial charge in [0, 0.05) is 20.8 Å². The molecule has 2 heterocycles. The number of nitrogens with one attached hydrogen (secondary N) is 1. The van der Waals surface area contributed by atoms with Crippen molar-refractivity contribution in [3.8, 4) is 0 Å². The van der Waals surface area contributed by atoms with Gasteiger partial charge >= 0.3 is 0 Å². The van der Waals surface area contributed by atoms with Gasteiger partial charge in [-0.1, -0.05) is 0 Å². The summed E-state index contributed by atoms with van der Waals surface area (Å²) < 4.78 is 1.15. The van der Waals surface area contributed by atoms with Crippen molar-refractivity contribution >= 4 is 39.7 Å². The molecule has 0 unspecified atom stereocenters. The third-order valence-corrected chi connectivity index (χ3v) is 4.60. The quantitative estimate of drug-likeness (QED) is 0.881. The van der Waals surface area contributed by atoms with Gasteiger partial charge in [-0.05, 0) is 53.8 Å². The van der Waals surface area contributed by atoms with Crippen molar-refractivity contribution in [2.75, 3.05) is 13.1 Å². The van der Waals surface area contributed by atoms with Gasteiger partial charge in [-0.2, -0.15) is 0 Å². The third-order valence-electron chi connectivity index (χ3n) is 2.81. The molecule has 1 aliphatic heterocycles. The van der Waals surface area contributed by atoms with E-state index in [0.717, 1.165) is 17.6 Å². The number of piperidine rings is 1. The Bertz CT molecular complexity index is 299. The first kappa shape index (κ1) is 13.5. The van der Waals surface area contributed by atoms with E-state index in [9.17, 15) is 0 Å². The number of hydrogen-bond acceptors (Lipinski definition) is 3. The average Bonchev–Trinajstić information content (AvgIpc) is 2.65. The predicted molar refractivity (Wildman–Crippen MR) is 71.8 cm³/mol. The zero-order chi connectivity index (χ0) is 9.97. The summed E-state index contributed by atoms with van der Waals surface area (Å²) in [7, 11) is 0. The van der Waals surface area contributed by atoms with E-state index in [4.69, 9.17) is 5.73 Å². The summed E-state index contributed by atoms with van der Waals surface area (Å²) >= 11 is 5.23. The van der Waals surface area contributed by atoms with E-state index in [-0.39, 0.29) is 18.4 Å². The van der Waals surface area contributed by atoms with Crippen molar-refractivity contribution in [1.82, 2.24) is 5.32 Å². The zero-order valence-electron chi connectivity index (χ0n) is 8.41. The van der Waals surface area contributed by atoms with Crippen LogP contribution in [0, 0.1) is 5.92 Å². The molecular formula is C10H16BrClN2S. The van der Waals surface area contributed by atoms with Gasteiger partial charge < -0.3 is 11.1 Å². The van der Waals surface area contributed by atoms with Crippen molar-refractivity contribution in [2.24, 2.45) is 11.7 Å². The molecule has 1 atom stereocenters. The first-order chi connectivity index (χ1) is 6.77. The maximum Gasteiger partial charge on any atom is 0.0419 e. The number of hydrogen-bond donors (Lipinski definition) is 2. The molecule has 3 N–H and O–H groups in total. The van der Waals surface area contributed by atoms with Crippen LogP contribution in [0.1, 0.15) is 23.8 Å². The lowest BCUT2D eigenvalue weighted by atomic mass is 9.90. The molecule has 0 aliphatic carbocycles. The summed E-state index contributed by atoms with van der Waals surface area (Å²) in [6.45, 7) is 2.23. The van der Waals surface area contributed by atoms with E-state index in [1.165, 1.54) is 17.7 Å². The van der Waals surface area contributed by atoms with Gasteiger partial charge in [0.25, 0.3) is 0 Å². The fourth-order valence-corrected chi connectivity index (χ4v) is 3.48. The molecule has 2 nitrogen and oxygen atoms in total. The summed E-state index contributed by atoms with van der Waals surface area (Å²) in [6.07, 6.45) is 2.41. The Balaban J connectivity index is 0.00000112. The fraction of sp³-hybridized carbons (Fsp3) is 0.600. The first-order valence-corrected chi connectivity index (χ1v) is 6.65. The van der Waals surface area contributed by atoms with E-state index in [0.29, 0.717) is 5.92 Å². The molecule has 1 aliphatic rings. The average molecular weight is 312 g/mol. The molecule has 0 aromatic carbocycles. The van der Waals surface area contributed by atoms with Crippen LogP contribution in [-0.2, 0) is 0 Å². The summed E-state index contributed by atoms with van der Waals surface area (Å²) in [4.78, 5) is 1.31. The molecule has 15 heavy (non-hydrogen) atoms. The summed E-state index contributed by atoms with van der Waals surface area (Å²) in [5.74, 6) is 0.654. The minimum atomic E-state index is 0. The van der Waals surface area contributed by atoms with Crippen molar-refractivity contribution in [1.29, 1.82) is 0 Å². The summed E-state index contributed by atoms with van der Waals surface area (Å²) in [5, 5.41) is 5.47. The number of halogens is 2. The highest BCUT2D eigenvalue weighted by atomic mass is 79.9. The van der Waals surface area contributed by atoms with Crippen LogP contribution in [0.15, 0.2) is 15.9 Å². The zero-order valence-corrected chi connectivity index (χ0v) is 11.6. The molecule has 1 aromatic heterocycles. The van der Waals surface area contributed by atoms with Gasteiger partial charge in [-0.25, -0.2) is 0 Å². The van der Waals surface area contributed by atoms with E-state index < -0.39 is 0 Å². The van der Waals surface area contributed by atoms with Crippen LogP contribution < -0.4 is 11.1 Å². The Morgan fingerprint density at radius 1 is 1.47 bits per heavy atom. The molecule has 86 valence electrons. The molecule has 2 rings (SSSR count). The lowest BCUT2D eigenvalue weighted by molar-refractivity contribution is 0.325. The van der Waals surface area contributed by atoms with Crippen LogP contribution in [0.5, 0.6) is 0 Å². The van der Waals surface area contributed by atoms with Gasteiger partial charge in [0.2, 0.25) is 0 Å². The van der Waals surface area contributed by atoms with E-state index in [2.05, 4.69) is 32.7 Å². The second-order valence-electron chi connectivity index (χ2n) is 3.78. The highest BCUT2D eigenvalue weighted by Crippen LogP contribution is 2.32. The number of nitrogens with two attached hydrogens (primary N) is 1. The highest BCUT2D eigenvalue weighted by molar-refractivity contribution is 9.10. The minimum Gasteiger partial charge on any atom is -0.323 e. The Kier molecular flexibility index (Phi) is 5.57. The number of rotatable bonds is 2. The van der Waals surface area contributed by atoms with Gasteiger partial charge in [0.15, 0.2) is 0 Å². The van der Waals surface area contributed by atoms with Crippen molar-refractivity contribution in [3.63, 3.8) is 0 Å². The Morgan fingerprint density at radius 2 is 2.13 bits per heavy atom. The molecule has 0 saturated carbocycles. The normalized spacial score (nSPS) is 19.6. The molecule has 0 radical (unpaired) electrons. The first-order valence-electron chi connectivity index (χ1n) is 4.97. The topological polar surface area (TPSA) is 38.0 Å². The fourth-order valence-electron chi connectivity index (χ4n) is 1.94. The maximum atomic E-state index is 6.24. The van der Waals surface area contributed by atoms with Crippen LogP contribution in [0.3, 0.4) is 0 Å². The van der Waals surface area contributed by atoms with Crippen LogP contribution in [0.25, 0.3) is 0 Å². The van der Waals surface area contributed by atoms with Gasteiger partial charge in [-0.15, -0.1) is 23.7 Å². The van der Waals surface area contributed by atoms with E-state index in [1.807, 2.05) is 0 Å². The Hall–Kier alpha value is 0.390. The van der Waals surface area contributed by atoms with Gasteiger partial charge in [-0.3, -0.25) is 0 Å². The maximum absolute atomic E-state index is 6.24. The standard InChI is InChI=1S/C10H15BrN2S.ClH/c11-8-5-9(14-6-8)10(12)7-1-3-13-4-2-7;/h5-7,10,13H,1-4,12H2;1H/t10-;/m1./s1. The van der Waals surface area contributed by atoms with Gasteiger partial charge in [0.1, 0.15) is 0 Å². The summed E-state index contributed by atoms with van der Waals surface area (Å²) in [5.41, 5.74) is 6.24. The van der Waals surface area contributed by atoms with Crippen molar-refractivity contribution in [2.45, 2.75) is 18.9 Å². The van der Waals surface area contributed by atoms with E-state index in [1.54, 1.807) is 11.3 Å². The largest absolute Gasteiger partial charge is 0.323 e. The minimum absolute atomic E-state index is 0. The molecule has 1 saturated heterocycles. The van der Waals surface area contributed by atoms with Crippen LogP contribution in [0.4, 0.5) is 0 Å². The lowest BCUT2D eigenvalue weighted by Crippen LogP contribution is -2.33. The van der Waals surface area contributed by atoms with Crippen LogP contribution in [0.2, 0.25) is 0 Å². The Morgan fingerprint density at radius 3 is 2.67 bits per heavy atom. The Labute approximate surface area is 109 Å². The monoisotopic (exact) mass is 310 g/mol. The van der Waals surface area contributed by atoms with Gasteiger partial charge in [0.05, 0.1) is 0 Å². The molecule has 0 spiro atoms. The van der Waals surface area contributed by atoms with Crippen LogP contribution >= 0.6 is 39.7 Å². The highest BCUT2D eigenvalue weighted by Gasteiger charge is 2.22.